The summed E-state index contributed by atoms with van der Waals surface area (Å²) in [5, 5.41) is 2.96. The zero-order chi connectivity index (χ0) is 17.2. The van der Waals surface area contributed by atoms with Crippen LogP contribution in [0.25, 0.3) is 0 Å². The molecule has 6 nitrogen and oxygen atoms in total. The van der Waals surface area contributed by atoms with E-state index in [1.54, 1.807) is 0 Å². The SMILES string of the molecule is CCN(CC)CCC(=O)N1CCN(C(=O)NCCC(C)C)CC1. The second-order valence-corrected chi connectivity index (χ2v) is 6.56. The van der Waals surface area contributed by atoms with Gasteiger partial charge in [-0.2, -0.15) is 0 Å². The molecule has 134 valence electrons. The predicted octanol–water partition coefficient (Wildman–Crippen LogP) is 1.62. The van der Waals surface area contributed by atoms with E-state index in [9.17, 15) is 9.59 Å². The van der Waals surface area contributed by atoms with Gasteiger partial charge in [0.2, 0.25) is 5.91 Å². The van der Waals surface area contributed by atoms with Crippen LogP contribution in [0, 0.1) is 5.92 Å². The quantitative estimate of drug-likeness (QED) is 0.737. The van der Waals surface area contributed by atoms with Gasteiger partial charge >= 0.3 is 6.03 Å². The van der Waals surface area contributed by atoms with Crippen LogP contribution in [0.15, 0.2) is 0 Å². The summed E-state index contributed by atoms with van der Waals surface area (Å²) in [6, 6.07) is 0.000824. The lowest BCUT2D eigenvalue weighted by Crippen LogP contribution is -2.53. The lowest BCUT2D eigenvalue weighted by Gasteiger charge is -2.35. The summed E-state index contributed by atoms with van der Waals surface area (Å²) >= 11 is 0. The Morgan fingerprint density at radius 2 is 1.61 bits per heavy atom. The molecule has 6 heteroatoms. The lowest BCUT2D eigenvalue weighted by molar-refractivity contribution is -0.132. The van der Waals surface area contributed by atoms with E-state index in [2.05, 4.69) is 37.9 Å². The fraction of sp³-hybridized carbons (Fsp3) is 0.882. The van der Waals surface area contributed by atoms with E-state index in [-0.39, 0.29) is 11.9 Å². The summed E-state index contributed by atoms with van der Waals surface area (Å²) in [6.45, 7) is 14.6. The number of carbonyl (C=O) groups excluding carboxylic acids is 2. The Bertz CT molecular complexity index is 362. The molecule has 0 radical (unpaired) electrons. The summed E-state index contributed by atoms with van der Waals surface area (Å²) in [7, 11) is 0. The number of urea groups is 1. The van der Waals surface area contributed by atoms with Crippen molar-refractivity contribution in [3.05, 3.63) is 0 Å². The number of rotatable bonds is 8. The fourth-order valence-electron chi connectivity index (χ4n) is 2.69. The average molecular weight is 326 g/mol. The number of amides is 3. The molecule has 0 atom stereocenters. The molecule has 1 saturated heterocycles. The molecule has 0 spiro atoms. The van der Waals surface area contributed by atoms with Crippen molar-refractivity contribution in [1.29, 1.82) is 0 Å². The first kappa shape index (κ1) is 19.7. The molecule has 0 aromatic carbocycles. The van der Waals surface area contributed by atoms with Crippen LogP contribution in [0.4, 0.5) is 4.79 Å². The monoisotopic (exact) mass is 326 g/mol. The van der Waals surface area contributed by atoms with Crippen LogP contribution < -0.4 is 5.32 Å². The molecule has 1 rings (SSSR count). The number of hydrogen-bond acceptors (Lipinski definition) is 3. The van der Waals surface area contributed by atoms with Crippen molar-refractivity contribution < 1.29 is 9.59 Å². The second-order valence-electron chi connectivity index (χ2n) is 6.56. The Balaban J connectivity index is 2.26. The standard InChI is InChI=1S/C17H34N4O2/c1-5-19(6-2)10-8-16(22)20-11-13-21(14-12-20)17(23)18-9-7-15(3)4/h15H,5-14H2,1-4H3,(H,18,23). The van der Waals surface area contributed by atoms with Crippen molar-refractivity contribution in [3.63, 3.8) is 0 Å². The van der Waals surface area contributed by atoms with Crippen LogP contribution in [0.3, 0.4) is 0 Å². The summed E-state index contributed by atoms with van der Waals surface area (Å²) in [6.07, 6.45) is 1.57. The van der Waals surface area contributed by atoms with Gasteiger partial charge in [0.25, 0.3) is 0 Å². The topological polar surface area (TPSA) is 55.9 Å². The molecule has 0 unspecified atom stereocenters. The number of piperazine rings is 1. The molecule has 3 amide bonds. The van der Waals surface area contributed by atoms with E-state index in [4.69, 9.17) is 0 Å². The highest BCUT2D eigenvalue weighted by Gasteiger charge is 2.23. The van der Waals surface area contributed by atoms with Crippen molar-refractivity contribution in [1.82, 2.24) is 20.0 Å². The summed E-state index contributed by atoms with van der Waals surface area (Å²) in [5.41, 5.74) is 0. The predicted molar refractivity (Wildman–Crippen MR) is 93.4 cm³/mol. The molecule has 23 heavy (non-hydrogen) atoms. The van der Waals surface area contributed by atoms with Gasteiger partial charge in [-0.25, -0.2) is 4.79 Å². The van der Waals surface area contributed by atoms with Crippen LogP contribution in [-0.4, -0.2) is 79.0 Å². The largest absolute Gasteiger partial charge is 0.339 e. The highest BCUT2D eigenvalue weighted by Crippen LogP contribution is 2.05. The van der Waals surface area contributed by atoms with Gasteiger partial charge in [-0.15, -0.1) is 0 Å². The first-order valence-corrected chi connectivity index (χ1v) is 9.00. The van der Waals surface area contributed by atoms with Crippen LogP contribution >= 0.6 is 0 Å². The number of carbonyl (C=O) groups is 2. The van der Waals surface area contributed by atoms with Crippen molar-refractivity contribution in [2.75, 3.05) is 52.4 Å². The van der Waals surface area contributed by atoms with Gasteiger partial charge in [0.1, 0.15) is 0 Å². The molecule has 1 fully saturated rings. The lowest BCUT2D eigenvalue weighted by atomic mass is 10.1. The minimum atomic E-state index is 0.000824. The molecule has 0 aliphatic carbocycles. The normalized spacial score (nSPS) is 15.4. The van der Waals surface area contributed by atoms with E-state index in [1.165, 1.54) is 0 Å². The molecule has 1 aliphatic rings. The maximum Gasteiger partial charge on any atom is 0.317 e. The van der Waals surface area contributed by atoms with E-state index < -0.39 is 0 Å². The smallest absolute Gasteiger partial charge is 0.317 e. The van der Waals surface area contributed by atoms with Gasteiger partial charge in [0.05, 0.1) is 0 Å². The third kappa shape index (κ3) is 7.20. The van der Waals surface area contributed by atoms with E-state index >= 15 is 0 Å². The zero-order valence-electron chi connectivity index (χ0n) is 15.3. The van der Waals surface area contributed by atoms with Crippen molar-refractivity contribution in [3.8, 4) is 0 Å². The summed E-state index contributed by atoms with van der Waals surface area (Å²) in [4.78, 5) is 30.3. The zero-order valence-corrected chi connectivity index (χ0v) is 15.3. The molecule has 1 heterocycles. The highest BCUT2D eigenvalue weighted by atomic mass is 16.2. The van der Waals surface area contributed by atoms with Crippen LogP contribution in [0.2, 0.25) is 0 Å². The molecule has 0 aromatic heterocycles. The summed E-state index contributed by atoms with van der Waals surface area (Å²) < 4.78 is 0. The van der Waals surface area contributed by atoms with Crippen molar-refractivity contribution in [2.24, 2.45) is 5.92 Å². The average Bonchev–Trinajstić information content (AvgIpc) is 2.55. The third-order valence-corrected chi connectivity index (χ3v) is 4.45. The molecule has 0 bridgehead atoms. The van der Waals surface area contributed by atoms with Gasteiger partial charge in [-0.05, 0) is 25.4 Å². The van der Waals surface area contributed by atoms with Gasteiger partial charge in [-0.3, -0.25) is 4.79 Å². The molecule has 0 saturated carbocycles. The van der Waals surface area contributed by atoms with Crippen LogP contribution in [0.5, 0.6) is 0 Å². The van der Waals surface area contributed by atoms with E-state index in [0.717, 1.165) is 32.6 Å². The van der Waals surface area contributed by atoms with Crippen LogP contribution in [0.1, 0.15) is 40.5 Å². The van der Waals surface area contributed by atoms with E-state index in [0.29, 0.717) is 38.5 Å². The highest BCUT2D eigenvalue weighted by molar-refractivity contribution is 5.77. The Kier molecular flexibility index (Phi) is 8.99. The third-order valence-electron chi connectivity index (χ3n) is 4.45. The van der Waals surface area contributed by atoms with Gasteiger partial charge < -0.3 is 20.0 Å². The minimum absolute atomic E-state index is 0.000824. The molecule has 1 N–H and O–H groups in total. The Hall–Kier alpha value is -1.30. The molecule has 1 aliphatic heterocycles. The Labute approximate surface area is 141 Å². The van der Waals surface area contributed by atoms with Gasteiger partial charge in [-0.1, -0.05) is 27.7 Å². The molecular weight excluding hydrogens is 292 g/mol. The molecule has 0 aromatic rings. The van der Waals surface area contributed by atoms with Crippen molar-refractivity contribution in [2.45, 2.75) is 40.5 Å². The summed E-state index contributed by atoms with van der Waals surface area (Å²) in [5.74, 6) is 0.798. The molecular formula is C17H34N4O2. The maximum absolute atomic E-state index is 12.2. The van der Waals surface area contributed by atoms with Gasteiger partial charge in [0, 0.05) is 45.7 Å². The first-order valence-electron chi connectivity index (χ1n) is 9.00. The fourth-order valence-corrected chi connectivity index (χ4v) is 2.69. The number of hydrogen-bond donors (Lipinski definition) is 1. The minimum Gasteiger partial charge on any atom is -0.339 e. The maximum atomic E-state index is 12.2. The first-order chi connectivity index (χ1) is 11.0. The van der Waals surface area contributed by atoms with Crippen LogP contribution in [-0.2, 0) is 4.79 Å². The second kappa shape index (κ2) is 10.5. The Morgan fingerprint density at radius 1 is 1.04 bits per heavy atom. The van der Waals surface area contributed by atoms with E-state index in [1.807, 2.05) is 9.80 Å². The Morgan fingerprint density at radius 3 is 2.13 bits per heavy atom. The number of nitrogens with one attached hydrogen (secondary N) is 1. The van der Waals surface area contributed by atoms with Crippen molar-refractivity contribution >= 4 is 11.9 Å². The van der Waals surface area contributed by atoms with Gasteiger partial charge in [0.15, 0.2) is 0 Å². The number of nitrogens with zero attached hydrogens (tertiary/aromatic N) is 3.